The molecule has 0 spiro atoms. The number of carbonyl (C=O) groups is 1. The summed E-state index contributed by atoms with van der Waals surface area (Å²) in [6, 6.07) is 7.90. The van der Waals surface area contributed by atoms with Crippen LogP contribution in [-0.2, 0) is 11.2 Å². The number of anilines is 2. The van der Waals surface area contributed by atoms with E-state index in [-0.39, 0.29) is 11.9 Å². The molecule has 0 bridgehead atoms. The molecule has 2 N–H and O–H groups in total. The first kappa shape index (κ1) is 15.4. The molecule has 0 aliphatic heterocycles. The summed E-state index contributed by atoms with van der Waals surface area (Å²) < 4.78 is 4.32. The maximum absolute atomic E-state index is 11.1. The van der Waals surface area contributed by atoms with E-state index in [2.05, 4.69) is 33.8 Å². The van der Waals surface area contributed by atoms with Crippen molar-refractivity contribution < 1.29 is 4.79 Å². The number of hydrogen-bond acceptors (Lipinski definition) is 5. The van der Waals surface area contributed by atoms with Crippen LogP contribution in [-0.4, -0.2) is 15.3 Å². The summed E-state index contributed by atoms with van der Waals surface area (Å²) in [6.45, 7) is 5.68. The van der Waals surface area contributed by atoms with Crippen LogP contribution >= 0.6 is 11.5 Å². The maximum Gasteiger partial charge on any atom is 0.221 e. The Bertz CT molecular complexity index is 611. The van der Waals surface area contributed by atoms with Crippen molar-refractivity contribution in [3.63, 3.8) is 0 Å². The predicted octanol–water partition coefficient (Wildman–Crippen LogP) is 3.62. The number of aromatic nitrogens is 2. The van der Waals surface area contributed by atoms with Gasteiger partial charge in [-0.1, -0.05) is 19.1 Å². The van der Waals surface area contributed by atoms with Gasteiger partial charge in [-0.25, -0.2) is 4.98 Å². The van der Waals surface area contributed by atoms with Gasteiger partial charge in [-0.3, -0.25) is 4.79 Å². The molecule has 112 valence electrons. The van der Waals surface area contributed by atoms with Crippen molar-refractivity contribution in [1.29, 1.82) is 0 Å². The average Bonchev–Trinajstić information content (AvgIpc) is 2.86. The van der Waals surface area contributed by atoms with Gasteiger partial charge in [0.1, 0.15) is 5.82 Å². The maximum atomic E-state index is 11.1. The first-order valence-electron chi connectivity index (χ1n) is 7.05. The van der Waals surface area contributed by atoms with E-state index in [0.717, 1.165) is 35.0 Å². The SMILES string of the molecule is CCCc1nsc(NC(C)c2cccc(NC(C)=O)c2)n1. The minimum atomic E-state index is -0.0684. The highest BCUT2D eigenvalue weighted by molar-refractivity contribution is 7.09. The summed E-state index contributed by atoms with van der Waals surface area (Å²) in [5.74, 6) is 0.824. The van der Waals surface area contributed by atoms with Crippen LogP contribution in [0.25, 0.3) is 0 Å². The van der Waals surface area contributed by atoms with Gasteiger partial charge in [0.2, 0.25) is 11.0 Å². The zero-order chi connectivity index (χ0) is 15.2. The van der Waals surface area contributed by atoms with Crippen LogP contribution in [0.3, 0.4) is 0 Å². The Kier molecular flexibility index (Phi) is 5.27. The number of nitrogens with zero attached hydrogens (tertiary/aromatic N) is 2. The summed E-state index contributed by atoms with van der Waals surface area (Å²) in [7, 11) is 0. The molecule has 0 aliphatic carbocycles. The van der Waals surface area contributed by atoms with E-state index in [1.807, 2.05) is 24.3 Å². The third kappa shape index (κ3) is 4.53. The van der Waals surface area contributed by atoms with E-state index in [0.29, 0.717) is 0 Å². The van der Waals surface area contributed by atoms with Crippen LogP contribution in [0.1, 0.15) is 44.6 Å². The van der Waals surface area contributed by atoms with Crippen LogP contribution < -0.4 is 10.6 Å². The molecular weight excluding hydrogens is 284 g/mol. The van der Waals surface area contributed by atoms with Gasteiger partial charge in [-0.05, 0) is 31.0 Å². The zero-order valence-corrected chi connectivity index (χ0v) is 13.3. The van der Waals surface area contributed by atoms with E-state index < -0.39 is 0 Å². The number of rotatable bonds is 6. The fourth-order valence-corrected chi connectivity index (χ4v) is 2.69. The zero-order valence-electron chi connectivity index (χ0n) is 12.5. The summed E-state index contributed by atoms with van der Waals surface area (Å²) in [4.78, 5) is 15.6. The normalized spacial score (nSPS) is 12.0. The van der Waals surface area contributed by atoms with Gasteiger partial charge < -0.3 is 10.6 Å². The lowest BCUT2D eigenvalue weighted by molar-refractivity contribution is -0.114. The second-order valence-electron chi connectivity index (χ2n) is 4.94. The topological polar surface area (TPSA) is 66.9 Å². The minimum absolute atomic E-state index is 0.0684. The molecule has 1 aromatic heterocycles. The lowest BCUT2D eigenvalue weighted by atomic mass is 10.1. The molecule has 0 saturated carbocycles. The number of hydrogen-bond donors (Lipinski definition) is 2. The molecule has 1 heterocycles. The average molecular weight is 304 g/mol. The van der Waals surface area contributed by atoms with Crippen LogP contribution in [0.2, 0.25) is 0 Å². The van der Waals surface area contributed by atoms with Crippen molar-refractivity contribution in [1.82, 2.24) is 9.36 Å². The number of aryl methyl sites for hydroxylation is 1. The van der Waals surface area contributed by atoms with E-state index >= 15 is 0 Å². The molecule has 21 heavy (non-hydrogen) atoms. The predicted molar refractivity (Wildman–Crippen MR) is 86.7 cm³/mol. The highest BCUT2D eigenvalue weighted by Crippen LogP contribution is 2.23. The molecule has 1 unspecified atom stereocenters. The van der Waals surface area contributed by atoms with Gasteiger partial charge >= 0.3 is 0 Å². The molecule has 0 radical (unpaired) electrons. The Balaban J connectivity index is 2.04. The molecule has 1 aromatic carbocycles. The fourth-order valence-electron chi connectivity index (χ4n) is 2.00. The van der Waals surface area contributed by atoms with Crippen LogP contribution in [0.15, 0.2) is 24.3 Å². The van der Waals surface area contributed by atoms with Gasteiger partial charge in [0, 0.05) is 30.6 Å². The molecule has 1 atom stereocenters. The number of amides is 1. The fraction of sp³-hybridized carbons (Fsp3) is 0.400. The summed E-state index contributed by atoms with van der Waals surface area (Å²) in [5, 5.41) is 6.97. The number of nitrogens with one attached hydrogen (secondary N) is 2. The minimum Gasteiger partial charge on any atom is -0.354 e. The molecule has 2 rings (SSSR count). The van der Waals surface area contributed by atoms with E-state index in [1.54, 1.807) is 0 Å². The lowest BCUT2D eigenvalue weighted by Crippen LogP contribution is -2.09. The van der Waals surface area contributed by atoms with Gasteiger partial charge in [-0.2, -0.15) is 4.37 Å². The Hall–Kier alpha value is -1.95. The number of carbonyl (C=O) groups excluding carboxylic acids is 1. The quantitative estimate of drug-likeness (QED) is 0.855. The molecule has 0 aliphatic rings. The van der Waals surface area contributed by atoms with Crippen molar-refractivity contribution in [3.8, 4) is 0 Å². The molecule has 0 fully saturated rings. The van der Waals surface area contributed by atoms with Crippen molar-refractivity contribution >= 4 is 28.3 Å². The van der Waals surface area contributed by atoms with E-state index in [9.17, 15) is 4.79 Å². The summed E-state index contributed by atoms with van der Waals surface area (Å²) >= 11 is 1.39. The second kappa shape index (κ2) is 7.17. The highest BCUT2D eigenvalue weighted by atomic mass is 32.1. The van der Waals surface area contributed by atoms with Crippen LogP contribution in [0, 0.1) is 0 Å². The third-order valence-corrected chi connectivity index (χ3v) is 3.67. The van der Waals surface area contributed by atoms with Crippen molar-refractivity contribution in [2.24, 2.45) is 0 Å². The highest BCUT2D eigenvalue weighted by Gasteiger charge is 2.10. The lowest BCUT2D eigenvalue weighted by Gasteiger charge is -2.14. The van der Waals surface area contributed by atoms with Crippen LogP contribution in [0.4, 0.5) is 10.8 Å². The van der Waals surface area contributed by atoms with E-state index in [4.69, 9.17) is 0 Å². The van der Waals surface area contributed by atoms with Gasteiger partial charge in [0.25, 0.3) is 0 Å². The summed E-state index contributed by atoms with van der Waals surface area (Å²) in [5.41, 5.74) is 1.89. The second-order valence-corrected chi connectivity index (χ2v) is 5.69. The first-order chi connectivity index (χ1) is 10.1. The van der Waals surface area contributed by atoms with Gasteiger partial charge in [0.15, 0.2) is 0 Å². The van der Waals surface area contributed by atoms with Crippen molar-refractivity contribution in [2.45, 2.75) is 39.7 Å². The smallest absolute Gasteiger partial charge is 0.221 e. The molecule has 2 aromatic rings. The molecule has 5 nitrogen and oxygen atoms in total. The molecule has 1 amide bonds. The van der Waals surface area contributed by atoms with Crippen LogP contribution in [0.5, 0.6) is 0 Å². The van der Waals surface area contributed by atoms with E-state index in [1.165, 1.54) is 18.5 Å². The van der Waals surface area contributed by atoms with Crippen molar-refractivity contribution in [2.75, 3.05) is 10.6 Å². The molecular formula is C15H20N4OS. The monoisotopic (exact) mass is 304 g/mol. The van der Waals surface area contributed by atoms with Crippen molar-refractivity contribution in [3.05, 3.63) is 35.7 Å². The Morgan fingerprint density at radius 3 is 2.95 bits per heavy atom. The van der Waals surface area contributed by atoms with Gasteiger partial charge in [-0.15, -0.1) is 0 Å². The molecule has 0 saturated heterocycles. The standard InChI is InChI=1S/C15H20N4OS/c1-4-6-14-18-15(21-19-14)16-10(2)12-7-5-8-13(9-12)17-11(3)20/h5,7-10H,4,6H2,1-3H3,(H,17,20)(H,16,18,19). The Morgan fingerprint density at radius 1 is 1.43 bits per heavy atom. The third-order valence-electron chi connectivity index (χ3n) is 2.99. The first-order valence-corrected chi connectivity index (χ1v) is 7.82. The summed E-state index contributed by atoms with van der Waals surface area (Å²) in [6.07, 6.45) is 1.95. The Morgan fingerprint density at radius 2 is 2.24 bits per heavy atom. The number of benzene rings is 1. The molecule has 6 heteroatoms. The largest absolute Gasteiger partial charge is 0.354 e. The Labute approximate surface area is 129 Å². The van der Waals surface area contributed by atoms with Gasteiger partial charge in [0.05, 0.1) is 6.04 Å².